The van der Waals surface area contributed by atoms with Gasteiger partial charge in [0.25, 0.3) is 0 Å². The highest BCUT2D eigenvalue weighted by Gasteiger charge is 2.47. The van der Waals surface area contributed by atoms with Gasteiger partial charge in [-0.3, -0.25) is 9.29 Å². The molecule has 1 fully saturated rings. The van der Waals surface area contributed by atoms with Crippen molar-refractivity contribution in [2.45, 2.75) is 15.0 Å². The standard InChI is InChI=1S/C24H19N5O4S3/c25-11-17-1-5-19(6-2-17)22-13-27-14-23-24(22)34-10-9-29(23)36(32,33)21-15-28(16-21)35(30,31)20-7-3-18(12-26)4-8-20/h1-8,13-14,21H,9-10,15-16H2. The van der Waals surface area contributed by atoms with E-state index in [4.69, 9.17) is 10.5 Å². The summed E-state index contributed by atoms with van der Waals surface area (Å²) in [6, 6.07) is 16.6. The fraction of sp³-hybridized carbons (Fsp3) is 0.208. The number of fused-ring (bicyclic) bond motifs is 1. The predicted molar refractivity (Wildman–Crippen MR) is 135 cm³/mol. The van der Waals surface area contributed by atoms with Crippen LogP contribution in [0.4, 0.5) is 5.69 Å². The monoisotopic (exact) mass is 537 g/mol. The summed E-state index contributed by atoms with van der Waals surface area (Å²) in [5.41, 5.74) is 2.95. The third-order valence-corrected chi connectivity index (χ3v) is 11.3. The molecule has 36 heavy (non-hydrogen) atoms. The number of rotatable bonds is 5. The van der Waals surface area contributed by atoms with E-state index in [1.807, 2.05) is 18.2 Å². The fourth-order valence-electron chi connectivity index (χ4n) is 4.13. The lowest BCUT2D eigenvalue weighted by Crippen LogP contribution is -2.60. The Hall–Kier alpha value is -3.42. The van der Waals surface area contributed by atoms with Crippen LogP contribution in [0.25, 0.3) is 11.1 Å². The number of aromatic nitrogens is 1. The highest BCUT2D eigenvalue weighted by molar-refractivity contribution is 8.00. The second-order valence-electron chi connectivity index (χ2n) is 8.27. The highest BCUT2D eigenvalue weighted by atomic mass is 32.2. The molecule has 0 unspecified atom stereocenters. The van der Waals surface area contributed by atoms with Crippen LogP contribution in [0.5, 0.6) is 0 Å². The second kappa shape index (κ2) is 9.22. The van der Waals surface area contributed by atoms with Gasteiger partial charge in [0.05, 0.1) is 40.0 Å². The van der Waals surface area contributed by atoms with Crippen molar-refractivity contribution in [1.29, 1.82) is 10.5 Å². The molecule has 2 aliphatic rings. The molecule has 0 radical (unpaired) electrons. The van der Waals surface area contributed by atoms with E-state index in [0.717, 1.165) is 20.3 Å². The number of hydrogen-bond donors (Lipinski definition) is 0. The lowest BCUT2D eigenvalue weighted by molar-refractivity contribution is 0.309. The summed E-state index contributed by atoms with van der Waals surface area (Å²) in [6.45, 7) is -0.0316. The first-order valence-electron chi connectivity index (χ1n) is 10.9. The number of nitriles is 2. The largest absolute Gasteiger partial charge is 0.266 e. The summed E-state index contributed by atoms with van der Waals surface area (Å²) in [4.78, 5) is 5.08. The van der Waals surface area contributed by atoms with E-state index in [9.17, 15) is 16.8 Å². The number of hydrogen-bond acceptors (Lipinski definition) is 8. The molecule has 0 saturated carbocycles. The average molecular weight is 538 g/mol. The van der Waals surface area contributed by atoms with E-state index in [1.54, 1.807) is 30.1 Å². The number of benzene rings is 2. The van der Waals surface area contributed by atoms with Crippen LogP contribution in [0.1, 0.15) is 11.1 Å². The lowest BCUT2D eigenvalue weighted by atomic mass is 10.1. The third-order valence-electron chi connectivity index (χ3n) is 6.18. The smallest absolute Gasteiger partial charge is 0.243 e. The van der Waals surface area contributed by atoms with E-state index in [0.29, 0.717) is 22.6 Å². The van der Waals surface area contributed by atoms with Gasteiger partial charge in [0.2, 0.25) is 20.0 Å². The van der Waals surface area contributed by atoms with Crippen LogP contribution in [0.2, 0.25) is 0 Å². The Balaban J connectivity index is 1.39. The van der Waals surface area contributed by atoms with Gasteiger partial charge >= 0.3 is 0 Å². The fourth-order valence-corrected chi connectivity index (χ4v) is 8.99. The van der Waals surface area contributed by atoms with Gasteiger partial charge in [0, 0.05) is 42.0 Å². The Morgan fingerprint density at radius 3 is 2.11 bits per heavy atom. The molecule has 0 amide bonds. The van der Waals surface area contributed by atoms with Crippen molar-refractivity contribution >= 4 is 37.5 Å². The first kappa shape index (κ1) is 24.3. The van der Waals surface area contributed by atoms with Crippen molar-refractivity contribution < 1.29 is 16.8 Å². The van der Waals surface area contributed by atoms with Crippen molar-refractivity contribution in [3.05, 3.63) is 72.1 Å². The molecule has 12 heteroatoms. The van der Waals surface area contributed by atoms with Crippen LogP contribution in [0.15, 0.2) is 70.7 Å². The SMILES string of the molecule is N#Cc1ccc(-c2cncc3c2SCCN3S(=O)(=O)C2CN(S(=O)(=O)c3ccc(C#N)cc3)C2)cc1. The molecule has 0 atom stereocenters. The topological polar surface area (TPSA) is 135 Å². The minimum Gasteiger partial charge on any atom is -0.266 e. The first-order chi connectivity index (χ1) is 17.3. The molecule has 0 spiro atoms. The highest BCUT2D eigenvalue weighted by Crippen LogP contribution is 2.43. The van der Waals surface area contributed by atoms with E-state index >= 15 is 0 Å². The molecule has 0 N–H and O–H groups in total. The van der Waals surface area contributed by atoms with Crippen molar-refractivity contribution in [3.8, 4) is 23.3 Å². The summed E-state index contributed by atoms with van der Waals surface area (Å²) in [6.07, 6.45) is 3.20. The molecule has 9 nitrogen and oxygen atoms in total. The number of nitrogens with zero attached hydrogens (tertiary/aromatic N) is 5. The van der Waals surface area contributed by atoms with Gasteiger partial charge in [0.1, 0.15) is 5.25 Å². The van der Waals surface area contributed by atoms with Gasteiger partial charge in [0.15, 0.2) is 0 Å². The molecule has 3 heterocycles. The van der Waals surface area contributed by atoms with Crippen molar-refractivity contribution in [1.82, 2.24) is 9.29 Å². The van der Waals surface area contributed by atoms with Gasteiger partial charge < -0.3 is 0 Å². The van der Waals surface area contributed by atoms with Gasteiger partial charge in [-0.2, -0.15) is 14.8 Å². The Morgan fingerprint density at radius 1 is 0.889 bits per heavy atom. The zero-order chi connectivity index (χ0) is 25.5. The molecule has 2 aliphatic heterocycles. The second-order valence-corrected chi connectivity index (χ2v) is 13.5. The summed E-state index contributed by atoms with van der Waals surface area (Å²) >= 11 is 1.54. The molecule has 2 aromatic carbocycles. The van der Waals surface area contributed by atoms with Crippen LogP contribution >= 0.6 is 11.8 Å². The van der Waals surface area contributed by atoms with Crippen LogP contribution in [-0.2, 0) is 20.0 Å². The Kier molecular flexibility index (Phi) is 6.22. The van der Waals surface area contributed by atoms with Crippen LogP contribution in [-0.4, -0.2) is 56.8 Å². The summed E-state index contributed by atoms with van der Waals surface area (Å²) in [5.74, 6) is 0.541. The molecule has 1 aromatic heterocycles. The van der Waals surface area contributed by atoms with Crippen molar-refractivity contribution in [3.63, 3.8) is 0 Å². The molecule has 182 valence electrons. The molecule has 0 aliphatic carbocycles. The Bertz CT molecular complexity index is 1620. The van der Waals surface area contributed by atoms with E-state index in [-0.39, 0.29) is 24.5 Å². The average Bonchev–Trinajstić information content (AvgIpc) is 2.86. The zero-order valence-corrected chi connectivity index (χ0v) is 21.2. The number of sulfonamides is 2. The third kappa shape index (κ3) is 4.12. The number of pyridine rings is 1. The maximum absolute atomic E-state index is 13.5. The molecule has 0 bridgehead atoms. The Morgan fingerprint density at radius 2 is 1.50 bits per heavy atom. The van der Waals surface area contributed by atoms with Crippen LogP contribution in [0.3, 0.4) is 0 Å². The van der Waals surface area contributed by atoms with E-state index < -0.39 is 25.3 Å². The van der Waals surface area contributed by atoms with Gasteiger partial charge in [-0.15, -0.1) is 11.8 Å². The Labute approximate surface area is 213 Å². The number of anilines is 1. The summed E-state index contributed by atoms with van der Waals surface area (Å²) < 4.78 is 55.4. The molecule has 3 aromatic rings. The molecular weight excluding hydrogens is 518 g/mol. The van der Waals surface area contributed by atoms with Crippen molar-refractivity contribution in [2.24, 2.45) is 0 Å². The lowest BCUT2D eigenvalue weighted by Gasteiger charge is -2.41. The molecule has 1 saturated heterocycles. The minimum atomic E-state index is -3.86. The normalized spacial score (nSPS) is 16.4. The summed E-state index contributed by atoms with van der Waals surface area (Å²) in [5, 5.41) is 17.1. The summed E-state index contributed by atoms with van der Waals surface area (Å²) in [7, 11) is -7.71. The molecule has 5 rings (SSSR count). The van der Waals surface area contributed by atoms with Crippen LogP contribution < -0.4 is 4.31 Å². The first-order valence-corrected chi connectivity index (χ1v) is 14.8. The predicted octanol–water partition coefficient (Wildman–Crippen LogP) is 2.81. The quantitative estimate of drug-likeness (QED) is 0.485. The van der Waals surface area contributed by atoms with Gasteiger partial charge in [-0.1, -0.05) is 12.1 Å². The van der Waals surface area contributed by atoms with Gasteiger partial charge in [-0.25, -0.2) is 16.8 Å². The molecular formula is C24H19N5O4S3. The minimum absolute atomic E-state index is 0.0216. The van der Waals surface area contributed by atoms with E-state index in [1.165, 1.54) is 34.8 Å². The zero-order valence-electron chi connectivity index (χ0n) is 18.8. The van der Waals surface area contributed by atoms with Crippen molar-refractivity contribution in [2.75, 3.05) is 29.7 Å². The number of thioether (sulfide) groups is 1. The van der Waals surface area contributed by atoms with Crippen LogP contribution in [0, 0.1) is 22.7 Å². The van der Waals surface area contributed by atoms with E-state index in [2.05, 4.69) is 11.1 Å². The maximum atomic E-state index is 13.5. The van der Waals surface area contributed by atoms with Gasteiger partial charge in [-0.05, 0) is 42.0 Å². The maximum Gasteiger partial charge on any atom is 0.243 e.